The molecule has 5 nitrogen and oxygen atoms in total. The van der Waals surface area contributed by atoms with E-state index in [1.165, 1.54) is 13.8 Å². The SMILES string of the molecule is CC.CCC(NC(=O)NC(CCC(C)=O)C(C)=O)c1ccccc1. The summed E-state index contributed by atoms with van der Waals surface area (Å²) in [6.45, 7) is 8.87. The Morgan fingerprint density at radius 1 is 1.00 bits per heavy atom. The molecule has 0 aliphatic heterocycles. The molecule has 2 N–H and O–H groups in total. The molecule has 0 bridgehead atoms. The molecule has 2 atom stereocenters. The van der Waals surface area contributed by atoms with E-state index in [2.05, 4.69) is 10.6 Å². The van der Waals surface area contributed by atoms with Crippen LogP contribution in [0.15, 0.2) is 30.3 Å². The highest BCUT2D eigenvalue weighted by atomic mass is 16.2. The van der Waals surface area contributed by atoms with Crippen molar-refractivity contribution in [2.45, 2.75) is 66.0 Å². The number of Topliss-reactive ketones (excluding diaryl/α,β-unsaturated/α-hetero) is 2. The summed E-state index contributed by atoms with van der Waals surface area (Å²) in [5, 5.41) is 5.52. The molecule has 2 unspecified atom stereocenters. The molecule has 24 heavy (non-hydrogen) atoms. The van der Waals surface area contributed by atoms with Crippen LogP contribution in [0.25, 0.3) is 0 Å². The van der Waals surface area contributed by atoms with Gasteiger partial charge in [0.15, 0.2) is 5.78 Å². The van der Waals surface area contributed by atoms with Crippen LogP contribution >= 0.6 is 0 Å². The van der Waals surface area contributed by atoms with E-state index in [9.17, 15) is 14.4 Å². The first kappa shape index (κ1) is 21.8. The van der Waals surface area contributed by atoms with Crippen LogP contribution in [0, 0.1) is 0 Å². The first-order valence-electron chi connectivity index (χ1n) is 8.55. The summed E-state index contributed by atoms with van der Waals surface area (Å²) in [4.78, 5) is 34.7. The number of urea groups is 1. The van der Waals surface area contributed by atoms with E-state index in [1.807, 2.05) is 51.1 Å². The van der Waals surface area contributed by atoms with Gasteiger partial charge in [0.05, 0.1) is 12.1 Å². The van der Waals surface area contributed by atoms with Crippen LogP contribution in [-0.2, 0) is 9.59 Å². The molecule has 5 heteroatoms. The third kappa shape index (κ3) is 8.46. The highest BCUT2D eigenvalue weighted by Crippen LogP contribution is 2.15. The summed E-state index contributed by atoms with van der Waals surface area (Å²) < 4.78 is 0. The number of hydrogen-bond acceptors (Lipinski definition) is 3. The molecular weight excluding hydrogens is 304 g/mol. The topological polar surface area (TPSA) is 75.3 Å². The van der Waals surface area contributed by atoms with Gasteiger partial charge in [0.1, 0.15) is 5.78 Å². The van der Waals surface area contributed by atoms with Gasteiger partial charge in [-0.15, -0.1) is 0 Å². The van der Waals surface area contributed by atoms with E-state index in [0.717, 1.165) is 12.0 Å². The molecule has 0 saturated carbocycles. The maximum Gasteiger partial charge on any atom is 0.315 e. The maximum atomic E-state index is 12.1. The molecule has 1 aromatic carbocycles. The van der Waals surface area contributed by atoms with Gasteiger partial charge in [-0.25, -0.2) is 4.79 Å². The van der Waals surface area contributed by atoms with Crippen LogP contribution in [0.1, 0.15) is 65.5 Å². The number of benzene rings is 1. The molecule has 0 heterocycles. The van der Waals surface area contributed by atoms with Crippen molar-refractivity contribution in [1.29, 1.82) is 0 Å². The van der Waals surface area contributed by atoms with Gasteiger partial charge in [-0.1, -0.05) is 51.1 Å². The second-order valence-corrected chi connectivity index (χ2v) is 5.39. The van der Waals surface area contributed by atoms with Gasteiger partial charge in [-0.3, -0.25) is 4.79 Å². The fourth-order valence-electron chi connectivity index (χ4n) is 2.19. The Kier molecular flexibility index (Phi) is 11.2. The maximum absolute atomic E-state index is 12.1. The van der Waals surface area contributed by atoms with Gasteiger partial charge >= 0.3 is 6.03 Å². The minimum absolute atomic E-state index is 0.00387. The molecule has 0 aliphatic rings. The van der Waals surface area contributed by atoms with Crippen molar-refractivity contribution < 1.29 is 14.4 Å². The minimum Gasteiger partial charge on any atom is -0.331 e. The number of nitrogens with one attached hydrogen (secondary N) is 2. The average molecular weight is 334 g/mol. The Bertz CT molecular complexity index is 515. The predicted octanol–water partition coefficient (Wildman–Crippen LogP) is 3.79. The highest BCUT2D eigenvalue weighted by molar-refractivity contribution is 5.87. The fraction of sp³-hybridized carbons (Fsp3) is 0.526. The Balaban J connectivity index is 0.00000254. The Labute approximate surface area is 145 Å². The van der Waals surface area contributed by atoms with Crippen molar-refractivity contribution in [2.75, 3.05) is 0 Å². The van der Waals surface area contributed by atoms with E-state index in [1.54, 1.807) is 0 Å². The van der Waals surface area contributed by atoms with Gasteiger partial charge in [0, 0.05) is 6.42 Å². The smallest absolute Gasteiger partial charge is 0.315 e. The van der Waals surface area contributed by atoms with Crippen molar-refractivity contribution >= 4 is 17.6 Å². The lowest BCUT2D eigenvalue weighted by Crippen LogP contribution is -2.46. The van der Waals surface area contributed by atoms with E-state index in [-0.39, 0.29) is 30.1 Å². The highest BCUT2D eigenvalue weighted by Gasteiger charge is 2.19. The lowest BCUT2D eigenvalue weighted by Gasteiger charge is -2.21. The standard InChI is InChI=1S/C17H24N2O3.C2H6/c1-4-15(14-8-6-5-7-9-14)18-17(22)19-16(13(3)21)11-10-12(2)20;1-2/h5-9,15-16H,4,10-11H2,1-3H3,(H2,18,19,22);1-2H3. The van der Waals surface area contributed by atoms with Crippen LogP contribution in [0.5, 0.6) is 0 Å². The molecule has 134 valence electrons. The summed E-state index contributed by atoms with van der Waals surface area (Å²) in [6, 6.07) is 8.53. The Morgan fingerprint density at radius 3 is 2.04 bits per heavy atom. The summed E-state index contributed by atoms with van der Waals surface area (Å²) in [7, 11) is 0. The number of amides is 2. The molecule has 1 aromatic rings. The quantitative estimate of drug-likeness (QED) is 0.759. The monoisotopic (exact) mass is 334 g/mol. The van der Waals surface area contributed by atoms with Crippen LogP contribution in [0.2, 0.25) is 0 Å². The fourth-order valence-corrected chi connectivity index (χ4v) is 2.19. The summed E-state index contributed by atoms with van der Waals surface area (Å²) in [6.07, 6.45) is 1.36. The third-order valence-corrected chi connectivity index (χ3v) is 3.50. The van der Waals surface area contributed by atoms with Gasteiger partial charge in [-0.05, 0) is 32.3 Å². The first-order valence-corrected chi connectivity index (χ1v) is 8.55. The van der Waals surface area contributed by atoms with Crippen LogP contribution in [-0.4, -0.2) is 23.6 Å². The second-order valence-electron chi connectivity index (χ2n) is 5.39. The number of carbonyl (C=O) groups excluding carboxylic acids is 3. The van der Waals surface area contributed by atoms with Crippen LogP contribution < -0.4 is 10.6 Å². The number of ketones is 2. The van der Waals surface area contributed by atoms with Crippen molar-refractivity contribution in [2.24, 2.45) is 0 Å². The molecule has 0 radical (unpaired) electrons. The van der Waals surface area contributed by atoms with Crippen molar-refractivity contribution in [3.8, 4) is 0 Å². The molecule has 0 aliphatic carbocycles. The van der Waals surface area contributed by atoms with E-state index in [0.29, 0.717) is 6.42 Å². The van der Waals surface area contributed by atoms with Gasteiger partial charge < -0.3 is 15.4 Å². The second kappa shape index (κ2) is 12.3. The third-order valence-electron chi connectivity index (χ3n) is 3.50. The Hall–Kier alpha value is -2.17. The molecular formula is C19H30N2O3. The molecule has 0 aromatic heterocycles. The lowest BCUT2D eigenvalue weighted by atomic mass is 10.0. The van der Waals surface area contributed by atoms with Gasteiger partial charge in [-0.2, -0.15) is 0 Å². The van der Waals surface area contributed by atoms with Crippen molar-refractivity contribution in [3.05, 3.63) is 35.9 Å². The van der Waals surface area contributed by atoms with Crippen molar-refractivity contribution in [3.63, 3.8) is 0 Å². The number of hydrogen-bond donors (Lipinski definition) is 2. The summed E-state index contributed by atoms with van der Waals surface area (Å²) in [5.74, 6) is -0.145. The molecule has 1 rings (SSSR count). The zero-order valence-electron chi connectivity index (χ0n) is 15.4. The van der Waals surface area contributed by atoms with E-state index >= 15 is 0 Å². The van der Waals surface area contributed by atoms with Gasteiger partial charge in [0.2, 0.25) is 0 Å². The van der Waals surface area contributed by atoms with E-state index in [4.69, 9.17) is 0 Å². The molecule has 0 saturated heterocycles. The van der Waals surface area contributed by atoms with Crippen molar-refractivity contribution in [1.82, 2.24) is 10.6 Å². The molecule has 0 fully saturated rings. The largest absolute Gasteiger partial charge is 0.331 e. The number of carbonyl (C=O) groups is 3. The molecule has 2 amide bonds. The summed E-state index contributed by atoms with van der Waals surface area (Å²) in [5.41, 5.74) is 1.02. The predicted molar refractivity (Wildman–Crippen MR) is 96.9 cm³/mol. The first-order chi connectivity index (χ1) is 11.4. The van der Waals surface area contributed by atoms with Crippen LogP contribution in [0.4, 0.5) is 4.79 Å². The van der Waals surface area contributed by atoms with E-state index < -0.39 is 6.04 Å². The average Bonchev–Trinajstić information content (AvgIpc) is 2.58. The lowest BCUT2D eigenvalue weighted by molar-refractivity contribution is -0.119. The normalized spacial score (nSPS) is 12.2. The minimum atomic E-state index is -0.628. The zero-order valence-corrected chi connectivity index (χ0v) is 15.4. The zero-order chi connectivity index (χ0) is 18.5. The number of rotatable bonds is 8. The van der Waals surface area contributed by atoms with Crippen LogP contribution in [0.3, 0.4) is 0 Å². The van der Waals surface area contributed by atoms with Gasteiger partial charge in [0.25, 0.3) is 0 Å². The Morgan fingerprint density at radius 2 is 1.58 bits per heavy atom. The molecule has 0 spiro atoms. The summed E-state index contributed by atoms with van der Waals surface area (Å²) >= 11 is 0.